The van der Waals surface area contributed by atoms with Crippen LogP contribution in [0.15, 0.2) is 9.42 Å². The number of nitrogens with zero attached hydrogens (tertiary/aromatic N) is 3. The zero-order valence-corrected chi connectivity index (χ0v) is 7.47. The van der Waals surface area contributed by atoms with E-state index in [9.17, 15) is 9.59 Å². The average Bonchev–Trinajstić information content (AvgIpc) is 2.60. The van der Waals surface area contributed by atoms with Crippen molar-refractivity contribution < 1.29 is 14.3 Å². The number of carbonyl (C=O) groups excluding carboxylic acids is 1. The lowest BCUT2D eigenvalue weighted by Crippen LogP contribution is -2.18. The molecule has 0 atom stereocenters. The van der Waals surface area contributed by atoms with Gasteiger partial charge >= 0.3 is 5.97 Å². The van der Waals surface area contributed by atoms with E-state index >= 15 is 0 Å². The Bertz CT molecular complexity index is 558. The van der Waals surface area contributed by atoms with Crippen LogP contribution >= 0.6 is 0 Å². The van der Waals surface area contributed by atoms with Gasteiger partial charge in [0.1, 0.15) is 0 Å². The smallest absolute Gasteiger partial charge is 0.329 e. The van der Waals surface area contributed by atoms with Crippen molar-refractivity contribution in [1.29, 1.82) is 0 Å². The molecular weight excluding hydrogens is 206 g/mol. The van der Waals surface area contributed by atoms with Crippen molar-refractivity contribution in [2.24, 2.45) is 0 Å². The summed E-state index contributed by atoms with van der Waals surface area (Å²) < 4.78 is 4.33. The Labute approximate surface area is 81.4 Å². The first kappa shape index (κ1) is 9.12. The van der Waals surface area contributed by atoms with Gasteiger partial charge in [0.2, 0.25) is 17.1 Å². The number of fused-ring (bicyclic) bond motifs is 1. The van der Waals surface area contributed by atoms with E-state index in [1.54, 1.807) is 0 Å². The van der Waals surface area contributed by atoms with Crippen LogP contribution in [0.5, 0.6) is 0 Å². The minimum absolute atomic E-state index is 0.101. The topological polar surface area (TPSA) is 123 Å². The fraction of sp³-hybridized carbons (Fsp3) is 0.167. The Hall–Kier alpha value is -2.45. The zero-order chi connectivity index (χ0) is 10.8. The van der Waals surface area contributed by atoms with E-state index in [0.29, 0.717) is 0 Å². The molecule has 2 N–H and O–H groups in total. The second-order valence-corrected chi connectivity index (χ2v) is 2.55. The molecule has 78 valence electrons. The Balaban J connectivity index is 2.37. The number of anilines is 1. The van der Waals surface area contributed by atoms with E-state index in [2.05, 4.69) is 35.2 Å². The van der Waals surface area contributed by atoms with E-state index < -0.39 is 11.5 Å². The highest BCUT2D eigenvalue weighted by Crippen LogP contribution is 2.02. The summed E-state index contributed by atoms with van der Waals surface area (Å²) in [6.45, 7) is 1.18. The third kappa shape index (κ3) is 1.75. The van der Waals surface area contributed by atoms with Crippen molar-refractivity contribution in [2.45, 2.75) is 6.92 Å². The molecule has 0 aliphatic rings. The number of hydrogen-bond donors (Lipinski definition) is 2. The molecule has 0 amide bonds. The molecule has 0 aromatic carbocycles. The van der Waals surface area contributed by atoms with Gasteiger partial charge < -0.3 is 4.84 Å². The number of nitrogens with one attached hydrogen (secondary N) is 2. The predicted molar refractivity (Wildman–Crippen MR) is 45.6 cm³/mol. The first-order valence-electron chi connectivity index (χ1n) is 3.83. The molecular formula is C6H5N5O4. The van der Waals surface area contributed by atoms with Crippen LogP contribution < -0.4 is 11.0 Å². The summed E-state index contributed by atoms with van der Waals surface area (Å²) >= 11 is 0. The fourth-order valence-electron chi connectivity index (χ4n) is 0.849. The van der Waals surface area contributed by atoms with Crippen LogP contribution in [0.3, 0.4) is 0 Å². The molecule has 9 nitrogen and oxygen atoms in total. The number of H-pyrrole nitrogens is 1. The first-order chi connectivity index (χ1) is 7.16. The molecule has 0 bridgehead atoms. The van der Waals surface area contributed by atoms with Crippen LogP contribution in [0.25, 0.3) is 11.3 Å². The quantitative estimate of drug-likeness (QED) is 0.618. The van der Waals surface area contributed by atoms with Gasteiger partial charge in [0, 0.05) is 6.92 Å². The summed E-state index contributed by atoms with van der Waals surface area (Å²) in [6.07, 6.45) is 0. The maximum atomic E-state index is 11.3. The van der Waals surface area contributed by atoms with Gasteiger partial charge in [-0.15, -0.1) is 0 Å². The van der Waals surface area contributed by atoms with Gasteiger partial charge in [0.05, 0.1) is 0 Å². The number of aromatic nitrogens is 4. The van der Waals surface area contributed by atoms with Gasteiger partial charge in [0.15, 0.2) is 0 Å². The summed E-state index contributed by atoms with van der Waals surface area (Å²) in [4.78, 5) is 32.1. The van der Waals surface area contributed by atoms with Crippen LogP contribution in [0.2, 0.25) is 0 Å². The average molecular weight is 211 g/mol. The lowest BCUT2D eigenvalue weighted by molar-refractivity contribution is -0.138. The summed E-state index contributed by atoms with van der Waals surface area (Å²) in [5.41, 5.74) is 1.70. The normalized spacial score (nSPS) is 10.2. The summed E-state index contributed by atoms with van der Waals surface area (Å²) in [5.74, 6) is -0.803. The maximum absolute atomic E-state index is 11.3. The van der Waals surface area contributed by atoms with Gasteiger partial charge in [0.25, 0.3) is 5.56 Å². The lowest BCUT2D eigenvalue weighted by atomic mass is 10.6. The van der Waals surface area contributed by atoms with Crippen LogP contribution in [-0.4, -0.2) is 26.3 Å². The Morgan fingerprint density at radius 3 is 3.07 bits per heavy atom. The van der Waals surface area contributed by atoms with E-state index in [1.807, 2.05) is 0 Å². The highest BCUT2D eigenvalue weighted by Gasteiger charge is 2.09. The molecule has 0 saturated carbocycles. The molecule has 2 aromatic rings. The van der Waals surface area contributed by atoms with Gasteiger partial charge in [-0.1, -0.05) is 0 Å². The molecule has 2 aromatic heterocycles. The van der Waals surface area contributed by atoms with Gasteiger partial charge in [-0.2, -0.15) is 10.5 Å². The van der Waals surface area contributed by atoms with Crippen LogP contribution in [-0.2, 0) is 9.63 Å². The van der Waals surface area contributed by atoms with Crippen molar-refractivity contribution in [1.82, 2.24) is 20.3 Å². The standard InChI is InChI=1S/C6H5N5O4/c1-2(12)14-9-5-6(13)8-4-3(7-5)10-15-11-4/h1H3,(H,7,9,10)(H,8,11,13). The second-order valence-electron chi connectivity index (χ2n) is 2.55. The van der Waals surface area contributed by atoms with E-state index in [0.717, 1.165) is 0 Å². The van der Waals surface area contributed by atoms with Crippen LogP contribution in [0, 0.1) is 0 Å². The number of hydrogen-bond acceptors (Lipinski definition) is 8. The number of aromatic amines is 1. The summed E-state index contributed by atoms with van der Waals surface area (Å²) in [6, 6.07) is 0. The Morgan fingerprint density at radius 2 is 2.33 bits per heavy atom. The number of carbonyl (C=O) groups is 1. The van der Waals surface area contributed by atoms with Gasteiger partial charge in [-0.3, -0.25) is 14.6 Å². The van der Waals surface area contributed by atoms with Crippen molar-refractivity contribution in [3.8, 4) is 0 Å². The molecule has 0 aliphatic heterocycles. The molecule has 0 unspecified atom stereocenters. The molecule has 15 heavy (non-hydrogen) atoms. The summed E-state index contributed by atoms with van der Waals surface area (Å²) in [7, 11) is 0. The minimum atomic E-state index is -0.602. The van der Waals surface area contributed by atoms with E-state index in [4.69, 9.17) is 0 Å². The van der Waals surface area contributed by atoms with Crippen LogP contribution in [0.4, 0.5) is 5.82 Å². The van der Waals surface area contributed by atoms with Crippen molar-refractivity contribution >= 4 is 23.1 Å². The van der Waals surface area contributed by atoms with Crippen LogP contribution in [0.1, 0.15) is 6.92 Å². The molecule has 0 spiro atoms. The van der Waals surface area contributed by atoms with Gasteiger partial charge in [-0.25, -0.2) is 4.63 Å². The van der Waals surface area contributed by atoms with Crippen molar-refractivity contribution in [3.63, 3.8) is 0 Å². The van der Waals surface area contributed by atoms with E-state index in [1.165, 1.54) is 6.92 Å². The molecule has 0 aliphatic carbocycles. The molecule has 0 radical (unpaired) electrons. The molecule has 0 saturated heterocycles. The summed E-state index contributed by atoms with van der Waals surface area (Å²) in [5, 5.41) is 6.78. The highest BCUT2D eigenvalue weighted by atomic mass is 16.7. The Kier molecular flexibility index (Phi) is 2.04. The maximum Gasteiger partial charge on any atom is 0.329 e. The monoisotopic (exact) mass is 211 g/mol. The third-order valence-electron chi connectivity index (χ3n) is 1.43. The first-order valence-corrected chi connectivity index (χ1v) is 3.83. The zero-order valence-electron chi connectivity index (χ0n) is 7.47. The van der Waals surface area contributed by atoms with Crippen molar-refractivity contribution in [2.75, 3.05) is 5.48 Å². The molecule has 2 heterocycles. The highest BCUT2D eigenvalue weighted by molar-refractivity contribution is 5.68. The predicted octanol–water partition coefficient (Wildman–Crippen LogP) is -0.804. The SMILES string of the molecule is CC(=O)ONc1nc2nonc2[nH]c1=O. The minimum Gasteiger partial charge on any atom is -0.342 e. The van der Waals surface area contributed by atoms with Gasteiger partial charge in [-0.05, 0) is 10.3 Å². The molecule has 0 fully saturated rings. The fourth-order valence-corrected chi connectivity index (χ4v) is 0.849. The van der Waals surface area contributed by atoms with E-state index in [-0.39, 0.29) is 17.1 Å². The molecule has 9 heteroatoms. The largest absolute Gasteiger partial charge is 0.342 e. The molecule has 2 rings (SSSR count). The lowest BCUT2D eigenvalue weighted by Gasteiger charge is -2.00. The Morgan fingerprint density at radius 1 is 1.53 bits per heavy atom. The third-order valence-corrected chi connectivity index (χ3v) is 1.43. The number of rotatable bonds is 2. The second kappa shape index (κ2) is 3.36. The van der Waals surface area contributed by atoms with Crippen molar-refractivity contribution in [3.05, 3.63) is 10.4 Å².